The fourth-order valence-electron chi connectivity index (χ4n) is 3.39. The molecular weight excluding hydrogens is 352 g/mol. The van der Waals surface area contributed by atoms with Crippen LogP contribution in [0.15, 0.2) is 54.3 Å². The average Bonchev–Trinajstić information content (AvgIpc) is 3.16. The molecule has 1 aliphatic rings. The van der Waals surface area contributed by atoms with E-state index in [2.05, 4.69) is 18.8 Å². The third kappa shape index (κ3) is 3.11. The first-order chi connectivity index (χ1) is 13.5. The Morgan fingerprint density at radius 3 is 2.54 bits per heavy atom. The molecule has 0 radical (unpaired) electrons. The van der Waals surface area contributed by atoms with E-state index in [0.717, 1.165) is 22.5 Å². The number of hydrogen-bond acceptors (Lipinski definition) is 4. The molecule has 6 heteroatoms. The highest BCUT2D eigenvalue weighted by Crippen LogP contribution is 2.32. The second kappa shape index (κ2) is 7.03. The number of anilines is 1. The molecule has 0 aliphatic carbocycles. The topological polar surface area (TPSA) is 74.4 Å². The molecule has 0 spiro atoms. The molecule has 4 rings (SSSR count). The van der Waals surface area contributed by atoms with Crippen LogP contribution in [-0.2, 0) is 7.05 Å². The molecule has 6 nitrogen and oxygen atoms in total. The van der Waals surface area contributed by atoms with Crippen LogP contribution in [0.1, 0.15) is 19.7 Å². The van der Waals surface area contributed by atoms with Crippen LogP contribution in [0.5, 0.6) is 5.75 Å². The summed E-state index contributed by atoms with van der Waals surface area (Å²) >= 11 is 0. The molecule has 0 fully saturated rings. The van der Waals surface area contributed by atoms with Crippen molar-refractivity contribution in [2.45, 2.75) is 13.8 Å². The van der Waals surface area contributed by atoms with Gasteiger partial charge in [-0.25, -0.2) is 4.98 Å². The number of benzene rings is 2. The first kappa shape index (κ1) is 18.1. The lowest BCUT2D eigenvalue weighted by Crippen LogP contribution is -2.26. The maximum Gasteiger partial charge on any atom is 0.148 e. The van der Waals surface area contributed by atoms with E-state index in [-0.39, 0.29) is 18.1 Å². The molecule has 0 atom stereocenters. The molecular formula is C22H24N4O2. The number of aliphatic hydroxyl groups excluding tert-OH is 1. The summed E-state index contributed by atoms with van der Waals surface area (Å²) in [6.45, 7) is 5.13. The second-order valence-corrected chi connectivity index (χ2v) is 7.44. The van der Waals surface area contributed by atoms with Crippen molar-refractivity contribution in [2.24, 2.45) is 13.0 Å². The summed E-state index contributed by atoms with van der Waals surface area (Å²) in [7, 11) is 1.90. The molecule has 0 amide bonds. The summed E-state index contributed by atoms with van der Waals surface area (Å²) in [6.07, 6.45) is 0. The SMILES string of the molecule is CC(C)COc1ccc(N2CC(O)=C(c3nc4ccccc4n3C)C2=N)cc1. The molecule has 2 heterocycles. The molecule has 0 unspecified atom stereocenters. The number of nitrogens with zero attached hydrogens (tertiary/aromatic N) is 3. The number of nitrogens with one attached hydrogen (secondary N) is 1. The van der Waals surface area contributed by atoms with E-state index < -0.39 is 0 Å². The number of imidazole rings is 1. The van der Waals surface area contributed by atoms with Gasteiger partial charge in [0.05, 0.1) is 29.8 Å². The van der Waals surface area contributed by atoms with Crippen molar-refractivity contribution in [2.75, 3.05) is 18.1 Å². The van der Waals surface area contributed by atoms with Gasteiger partial charge in [-0.2, -0.15) is 0 Å². The van der Waals surface area contributed by atoms with Gasteiger partial charge in [0.1, 0.15) is 23.2 Å². The molecule has 1 aliphatic heterocycles. The Labute approximate surface area is 164 Å². The summed E-state index contributed by atoms with van der Waals surface area (Å²) in [5, 5.41) is 19.3. The van der Waals surface area contributed by atoms with Gasteiger partial charge in [0.2, 0.25) is 0 Å². The van der Waals surface area contributed by atoms with Crippen molar-refractivity contribution in [1.82, 2.24) is 9.55 Å². The van der Waals surface area contributed by atoms with Gasteiger partial charge in [0.25, 0.3) is 0 Å². The number of ether oxygens (including phenoxy) is 1. The predicted octanol–water partition coefficient (Wildman–Crippen LogP) is 4.37. The molecule has 2 aromatic carbocycles. The van der Waals surface area contributed by atoms with E-state index in [1.165, 1.54) is 0 Å². The highest BCUT2D eigenvalue weighted by molar-refractivity contribution is 6.30. The molecule has 144 valence electrons. The van der Waals surface area contributed by atoms with Crippen LogP contribution in [0.25, 0.3) is 16.6 Å². The number of para-hydroxylation sites is 2. The maximum absolute atomic E-state index is 10.6. The third-order valence-corrected chi connectivity index (χ3v) is 4.85. The quantitative estimate of drug-likeness (QED) is 0.693. The first-order valence-corrected chi connectivity index (χ1v) is 9.39. The van der Waals surface area contributed by atoms with Gasteiger partial charge in [0, 0.05) is 12.7 Å². The Kier molecular flexibility index (Phi) is 4.55. The number of amidine groups is 1. The fraction of sp³-hybridized carbons (Fsp3) is 0.273. The Bertz CT molecular complexity index is 1060. The standard InChI is InChI=1S/C22H24N4O2/c1-14(2)13-28-16-10-8-15(9-11-16)26-12-19(27)20(21(26)23)22-24-17-6-4-5-7-18(17)25(22)3/h4-11,14,23,27H,12-13H2,1-3H3. The van der Waals surface area contributed by atoms with E-state index in [4.69, 9.17) is 10.1 Å². The van der Waals surface area contributed by atoms with Crippen molar-refractivity contribution in [3.05, 3.63) is 60.1 Å². The number of rotatable bonds is 5. The molecule has 0 bridgehead atoms. The highest BCUT2D eigenvalue weighted by Gasteiger charge is 2.32. The minimum absolute atomic E-state index is 0.156. The van der Waals surface area contributed by atoms with Crippen LogP contribution in [0, 0.1) is 11.3 Å². The van der Waals surface area contributed by atoms with Crippen LogP contribution >= 0.6 is 0 Å². The summed E-state index contributed by atoms with van der Waals surface area (Å²) in [6, 6.07) is 15.4. The Morgan fingerprint density at radius 2 is 1.86 bits per heavy atom. The Morgan fingerprint density at radius 1 is 1.14 bits per heavy atom. The number of hydrogen-bond donors (Lipinski definition) is 2. The van der Waals surface area contributed by atoms with Crippen LogP contribution in [0.3, 0.4) is 0 Å². The molecule has 0 saturated heterocycles. The zero-order valence-electron chi connectivity index (χ0n) is 16.3. The minimum atomic E-state index is 0.156. The lowest BCUT2D eigenvalue weighted by molar-refractivity contribution is 0.271. The maximum atomic E-state index is 10.6. The van der Waals surface area contributed by atoms with E-state index in [1.54, 1.807) is 4.90 Å². The predicted molar refractivity (Wildman–Crippen MR) is 112 cm³/mol. The lowest BCUT2D eigenvalue weighted by atomic mass is 10.2. The van der Waals surface area contributed by atoms with Gasteiger partial charge in [-0.05, 0) is 42.3 Å². The number of fused-ring (bicyclic) bond motifs is 1. The van der Waals surface area contributed by atoms with E-state index >= 15 is 0 Å². The average molecular weight is 376 g/mol. The monoisotopic (exact) mass is 376 g/mol. The van der Waals surface area contributed by atoms with E-state index in [0.29, 0.717) is 23.9 Å². The van der Waals surface area contributed by atoms with Crippen molar-refractivity contribution in [3.63, 3.8) is 0 Å². The van der Waals surface area contributed by atoms with Gasteiger partial charge < -0.3 is 19.3 Å². The van der Waals surface area contributed by atoms with Gasteiger partial charge in [0.15, 0.2) is 0 Å². The molecule has 2 N–H and O–H groups in total. The van der Waals surface area contributed by atoms with Gasteiger partial charge in [-0.3, -0.25) is 5.41 Å². The van der Waals surface area contributed by atoms with Crippen molar-refractivity contribution in [3.8, 4) is 5.75 Å². The van der Waals surface area contributed by atoms with Crippen LogP contribution in [-0.4, -0.2) is 33.6 Å². The molecule has 3 aromatic rings. The summed E-state index contributed by atoms with van der Waals surface area (Å²) in [5.74, 6) is 2.26. The van der Waals surface area contributed by atoms with Gasteiger partial charge in [-0.1, -0.05) is 26.0 Å². The molecule has 0 saturated carbocycles. The number of aryl methyl sites for hydroxylation is 1. The fourth-order valence-corrected chi connectivity index (χ4v) is 3.39. The smallest absolute Gasteiger partial charge is 0.148 e. The third-order valence-electron chi connectivity index (χ3n) is 4.85. The Balaban J connectivity index is 1.60. The lowest BCUT2D eigenvalue weighted by Gasteiger charge is -2.19. The Hall–Kier alpha value is -3.28. The first-order valence-electron chi connectivity index (χ1n) is 9.39. The zero-order valence-corrected chi connectivity index (χ0v) is 16.3. The van der Waals surface area contributed by atoms with Crippen LogP contribution < -0.4 is 9.64 Å². The van der Waals surface area contributed by atoms with Crippen molar-refractivity contribution in [1.29, 1.82) is 5.41 Å². The summed E-state index contributed by atoms with van der Waals surface area (Å²) < 4.78 is 7.65. The van der Waals surface area contributed by atoms with Gasteiger partial charge >= 0.3 is 0 Å². The highest BCUT2D eigenvalue weighted by atomic mass is 16.5. The zero-order chi connectivity index (χ0) is 19.8. The molecule has 28 heavy (non-hydrogen) atoms. The van der Waals surface area contributed by atoms with E-state index in [1.807, 2.05) is 60.1 Å². The number of aromatic nitrogens is 2. The normalized spacial score (nSPS) is 14.6. The second-order valence-electron chi connectivity index (χ2n) is 7.44. The van der Waals surface area contributed by atoms with Gasteiger partial charge in [-0.15, -0.1) is 0 Å². The molecule has 1 aromatic heterocycles. The minimum Gasteiger partial charge on any atom is -0.509 e. The van der Waals surface area contributed by atoms with Crippen molar-refractivity contribution < 1.29 is 9.84 Å². The van der Waals surface area contributed by atoms with Crippen molar-refractivity contribution >= 4 is 28.1 Å². The summed E-state index contributed by atoms with van der Waals surface area (Å²) in [5.41, 5.74) is 3.12. The largest absolute Gasteiger partial charge is 0.509 e. The van der Waals surface area contributed by atoms with Crippen LogP contribution in [0.4, 0.5) is 5.69 Å². The number of aliphatic hydroxyl groups is 1. The van der Waals surface area contributed by atoms with Crippen LogP contribution in [0.2, 0.25) is 0 Å². The summed E-state index contributed by atoms with van der Waals surface area (Å²) in [4.78, 5) is 6.41. The van der Waals surface area contributed by atoms with E-state index in [9.17, 15) is 5.11 Å².